The number of hydrogen-bond acceptors (Lipinski definition) is 6. The van der Waals surface area contributed by atoms with E-state index in [0.717, 1.165) is 81.9 Å². The van der Waals surface area contributed by atoms with Gasteiger partial charge in [-0.15, -0.1) is 0 Å². The number of hydrogen-bond donors (Lipinski definition) is 2. The lowest BCUT2D eigenvalue weighted by Crippen LogP contribution is -2.47. The smallest absolute Gasteiger partial charge is 0.225 e. The van der Waals surface area contributed by atoms with Crippen molar-refractivity contribution in [3.05, 3.63) is 41.7 Å². The van der Waals surface area contributed by atoms with Crippen molar-refractivity contribution >= 4 is 5.95 Å². The number of fused-ring (bicyclic) bond motifs is 2. The fraction of sp³-hybridized carbons (Fsp3) is 0.565. The molecule has 1 fully saturated rings. The van der Waals surface area contributed by atoms with E-state index in [4.69, 9.17) is 0 Å². The van der Waals surface area contributed by atoms with Crippen molar-refractivity contribution in [2.45, 2.75) is 50.5 Å². The third-order valence-electron chi connectivity index (χ3n) is 6.94. The standard InChI is InChI=1S/C23H31N5O2/c29-21-19-17-5-3-6-18(8-7-17)20(19)22(30)28(21)12-2-1-11-26-13-15-27(16-14-26)23-24-9-4-10-25-23/h4,7-10,17-18,29-30H,1-3,5-6,11-16H2. The molecule has 2 aromatic heterocycles. The monoisotopic (exact) mass is 409 g/mol. The molecule has 3 heterocycles. The van der Waals surface area contributed by atoms with Gasteiger partial charge < -0.3 is 15.1 Å². The molecule has 0 spiro atoms. The summed E-state index contributed by atoms with van der Waals surface area (Å²) in [5.74, 6) is 1.92. The van der Waals surface area contributed by atoms with Crippen molar-refractivity contribution in [2.75, 3.05) is 37.6 Å². The lowest BCUT2D eigenvalue weighted by Gasteiger charge is -2.34. The molecule has 0 saturated carbocycles. The number of allylic oxidation sites excluding steroid dienone is 2. The van der Waals surface area contributed by atoms with Gasteiger partial charge in [0.1, 0.15) is 0 Å². The lowest BCUT2D eigenvalue weighted by atomic mass is 9.86. The minimum atomic E-state index is 0.260. The van der Waals surface area contributed by atoms with Crippen LogP contribution in [0.25, 0.3) is 0 Å². The minimum Gasteiger partial charge on any atom is -0.494 e. The van der Waals surface area contributed by atoms with Crippen molar-refractivity contribution in [3.63, 3.8) is 0 Å². The predicted octanol–water partition coefficient (Wildman–Crippen LogP) is 3.21. The van der Waals surface area contributed by atoms with E-state index < -0.39 is 0 Å². The fourth-order valence-corrected chi connectivity index (χ4v) is 5.31. The molecule has 2 atom stereocenters. The van der Waals surface area contributed by atoms with Crippen LogP contribution >= 0.6 is 0 Å². The number of nitrogens with zero attached hydrogens (tertiary/aromatic N) is 5. The molecule has 2 aromatic rings. The average Bonchev–Trinajstić information content (AvgIpc) is 2.99. The average molecular weight is 410 g/mol. The molecular weight excluding hydrogens is 378 g/mol. The van der Waals surface area contributed by atoms with E-state index in [1.165, 1.54) is 0 Å². The van der Waals surface area contributed by atoms with Crippen LogP contribution in [0.15, 0.2) is 30.6 Å². The zero-order valence-electron chi connectivity index (χ0n) is 17.5. The Morgan fingerprint density at radius 3 is 2.07 bits per heavy atom. The second-order valence-electron chi connectivity index (χ2n) is 8.74. The molecule has 4 aliphatic rings. The molecule has 0 radical (unpaired) electrons. The first-order valence-electron chi connectivity index (χ1n) is 11.3. The summed E-state index contributed by atoms with van der Waals surface area (Å²) >= 11 is 0. The highest BCUT2D eigenvalue weighted by Gasteiger charge is 2.35. The zero-order chi connectivity index (χ0) is 20.5. The van der Waals surface area contributed by atoms with E-state index >= 15 is 0 Å². The molecule has 2 N–H and O–H groups in total. The Balaban J connectivity index is 1.13. The van der Waals surface area contributed by atoms with Gasteiger partial charge in [0.25, 0.3) is 0 Å². The largest absolute Gasteiger partial charge is 0.494 e. The first-order chi connectivity index (χ1) is 14.7. The predicted molar refractivity (Wildman–Crippen MR) is 116 cm³/mol. The van der Waals surface area contributed by atoms with Gasteiger partial charge >= 0.3 is 0 Å². The summed E-state index contributed by atoms with van der Waals surface area (Å²) in [5, 5.41) is 21.7. The quantitative estimate of drug-likeness (QED) is 0.564. The third-order valence-corrected chi connectivity index (χ3v) is 6.94. The number of unbranched alkanes of at least 4 members (excludes halogenated alkanes) is 1. The van der Waals surface area contributed by atoms with Gasteiger partial charge in [-0.1, -0.05) is 18.6 Å². The van der Waals surface area contributed by atoms with E-state index in [-0.39, 0.29) is 11.8 Å². The van der Waals surface area contributed by atoms with Gasteiger partial charge in [-0.05, 0) is 38.3 Å². The number of anilines is 1. The van der Waals surface area contributed by atoms with Gasteiger partial charge in [0.2, 0.25) is 5.95 Å². The van der Waals surface area contributed by atoms with Crippen LogP contribution in [0.2, 0.25) is 0 Å². The van der Waals surface area contributed by atoms with E-state index in [0.29, 0.717) is 18.3 Å². The summed E-state index contributed by atoms with van der Waals surface area (Å²) < 4.78 is 1.74. The van der Waals surface area contributed by atoms with E-state index in [2.05, 4.69) is 31.9 Å². The highest BCUT2D eigenvalue weighted by atomic mass is 16.3. The molecule has 1 aliphatic heterocycles. The molecule has 2 bridgehead atoms. The Labute approximate surface area is 177 Å². The fourth-order valence-electron chi connectivity index (χ4n) is 5.31. The molecule has 7 nitrogen and oxygen atoms in total. The Bertz CT molecular complexity index is 865. The minimum absolute atomic E-state index is 0.260. The number of aromatic hydroxyl groups is 2. The van der Waals surface area contributed by atoms with Crippen LogP contribution in [0.3, 0.4) is 0 Å². The molecule has 7 heteroatoms. The van der Waals surface area contributed by atoms with Crippen LogP contribution in [0.1, 0.15) is 55.1 Å². The normalized spacial score (nSPS) is 23.5. The van der Waals surface area contributed by atoms with Crippen LogP contribution in [-0.4, -0.2) is 62.4 Å². The van der Waals surface area contributed by atoms with Crippen LogP contribution < -0.4 is 4.90 Å². The Morgan fingerprint density at radius 1 is 0.833 bits per heavy atom. The first-order valence-corrected chi connectivity index (χ1v) is 11.3. The van der Waals surface area contributed by atoms with E-state index in [9.17, 15) is 10.2 Å². The maximum Gasteiger partial charge on any atom is 0.225 e. The number of rotatable bonds is 6. The summed E-state index contributed by atoms with van der Waals surface area (Å²) in [6.07, 6.45) is 13.3. The van der Waals surface area contributed by atoms with Crippen molar-refractivity contribution in [1.82, 2.24) is 19.4 Å². The number of aromatic nitrogens is 3. The van der Waals surface area contributed by atoms with Crippen LogP contribution in [0, 0.1) is 0 Å². The highest BCUT2D eigenvalue weighted by molar-refractivity contribution is 5.55. The molecule has 0 aromatic carbocycles. The molecule has 30 heavy (non-hydrogen) atoms. The first kappa shape index (κ1) is 19.4. The van der Waals surface area contributed by atoms with Crippen LogP contribution in [0.4, 0.5) is 5.95 Å². The molecular formula is C23H31N5O2. The summed E-state index contributed by atoms with van der Waals surface area (Å²) in [6, 6.07) is 1.85. The summed E-state index contributed by atoms with van der Waals surface area (Å²) in [4.78, 5) is 13.4. The van der Waals surface area contributed by atoms with E-state index in [1.807, 2.05) is 6.07 Å². The van der Waals surface area contributed by atoms with Crippen molar-refractivity contribution in [3.8, 4) is 11.8 Å². The van der Waals surface area contributed by atoms with Gasteiger partial charge in [0.15, 0.2) is 11.8 Å². The van der Waals surface area contributed by atoms with Crippen LogP contribution in [0.5, 0.6) is 11.8 Å². The lowest BCUT2D eigenvalue weighted by molar-refractivity contribution is 0.248. The SMILES string of the molecule is Oc1c2c(c(O)n1CCCCN1CCN(c3ncccn3)CC1)C1C=CC2CCC1. The van der Waals surface area contributed by atoms with Crippen molar-refractivity contribution in [2.24, 2.45) is 0 Å². The van der Waals surface area contributed by atoms with Gasteiger partial charge in [-0.25, -0.2) is 9.97 Å². The van der Waals surface area contributed by atoms with Gasteiger partial charge in [-0.3, -0.25) is 9.47 Å². The van der Waals surface area contributed by atoms with Crippen molar-refractivity contribution < 1.29 is 10.2 Å². The maximum atomic E-state index is 10.8. The van der Waals surface area contributed by atoms with Gasteiger partial charge in [0.05, 0.1) is 0 Å². The Kier molecular flexibility index (Phi) is 5.37. The topological polar surface area (TPSA) is 77.7 Å². The molecule has 1 saturated heterocycles. The maximum absolute atomic E-state index is 10.8. The second kappa shape index (κ2) is 8.30. The summed E-state index contributed by atoms with van der Waals surface area (Å²) in [5.41, 5.74) is 1.97. The molecule has 0 amide bonds. The summed E-state index contributed by atoms with van der Waals surface area (Å²) in [7, 11) is 0. The number of piperazine rings is 1. The van der Waals surface area contributed by atoms with E-state index in [1.54, 1.807) is 17.0 Å². The second-order valence-corrected chi connectivity index (χ2v) is 8.74. The third kappa shape index (κ3) is 3.55. The molecule has 6 rings (SSSR count). The molecule has 3 aliphatic carbocycles. The molecule has 2 unspecified atom stereocenters. The van der Waals surface area contributed by atoms with Gasteiger partial charge in [0, 0.05) is 68.1 Å². The molecule has 160 valence electrons. The van der Waals surface area contributed by atoms with Crippen molar-refractivity contribution in [1.29, 1.82) is 0 Å². The summed E-state index contributed by atoms with van der Waals surface area (Å²) in [6.45, 7) is 5.64. The zero-order valence-corrected chi connectivity index (χ0v) is 17.5. The Morgan fingerprint density at radius 2 is 1.43 bits per heavy atom. The van der Waals surface area contributed by atoms with Gasteiger partial charge in [-0.2, -0.15) is 0 Å². The highest BCUT2D eigenvalue weighted by Crippen LogP contribution is 2.51. The Hall–Kier alpha value is -2.54. The van der Waals surface area contributed by atoms with Crippen LogP contribution in [-0.2, 0) is 6.54 Å².